The number of hydrogen-bond acceptors (Lipinski definition) is 6. The molecule has 4 rings (SSSR count). The summed E-state index contributed by atoms with van der Waals surface area (Å²) < 4.78 is 5.83. The zero-order valence-electron chi connectivity index (χ0n) is 22.7. The average molecular weight is 547 g/mol. The van der Waals surface area contributed by atoms with Gasteiger partial charge in [-0.25, -0.2) is 9.78 Å². The molecule has 1 fully saturated rings. The Balaban J connectivity index is 0.000000449. The van der Waals surface area contributed by atoms with E-state index in [9.17, 15) is 9.59 Å². The number of carbonyl (C=O) groups excluding carboxylic acids is 1. The van der Waals surface area contributed by atoms with Crippen LogP contribution in [0.1, 0.15) is 73.8 Å². The van der Waals surface area contributed by atoms with Gasteiger partial charge in [0.05, 0.1) is 11.7 Å². The number of nitrogens with two attached hydrogens (primary N) is 1. The quantitative estimate of drug-likeness (QED) is 0.159. The van der Waals surface area contributed by atoms with E-state index < -0.39 is 5.97 Å². The Morgan fingerprint density at radius 1 is 1.08 bits per heavy atom. The summed E-state index contributed by atoms with van der Waals surface area (Å²) in [5.41, 5.74) is 10.5. The summed E-state index contributed by atoms with van der Waals surface area (Å²) in [6.07, 6.45) is 11.4. The summed E-state index contributed by atoms with van der Waals surface area (Å²) in [6, 6.07) is 17.8. The molecule has 1 aliphatic carbocycles. The number of benzene rings is 2. The highest BCUT2D eigenvalue weighted by molar-refractivity contribution is 7.09. The van der Waals surface area contributed by atoms with Crippen LogP contribution in [0, 0.1) is 5.92 Å². The Morgan fingerprint density at radius 3 is 2.38 bits per heavy atom. The van der Waals surface area contributed by atoms with E-state index in [0.29, 0.717) is 18.9 Å². The Morgan fingerprint density at radius 2 is 1.77 bits per heavy atom. The van der Waals surface area contributed by atoms with Gasteiger partial charge in [-0.2, -0.15) is 0 Å². The SMILES string of the molecule is CC(=C\c1csc(C(N)Cc2ccc(OCc3ccccc3)cc2)n1)/C=C(\C)C(=O)O.O=CC1CCCCC1. The summed E-state index contributed by atoms with van der Waals surface area (Å²) in [6.45, 7) is 3.96. The lowest BCUT2D eigenvalue weighted by Gasteiger charge is -2.14. The lowest BCUT2D eigenvalue weighted by Crippen LogP contribution is -2.13. The summed E-state index contributed by atoms with van der Waals surface area (Å²) >= 11 is 1.51. The Hall–Kier alpha value is -3.55. The van der Waals surface area contributed by atoms with Gasteiger partial charge in [-0.3, -0.25) is 0 Å². The second-order valence-electron chi connectivity index (χ2n) is 9.89. The molecular weight excluding hydrogens is 508 g/mol. The van der Waals surface area contributed by atoms with E-state index in [4.69, 9.17) is 15.6 Å². The minimum atomic E-state index is -0.926. The highest BCUT2D eigenvalue weighted by Gasteiger charge is 2.12. The molecule has 1 unspecified atom stereocenters. The Kier molecular flexibility index (Phi) is 12.1. The zero-order chi connectivity index (χ0) is 28.0. The van der Waals surface area contributed by atoms with Gasteiger partial charge in [0.1, 0.15) is 23.7 Å². The van der Waals surface area contributed by atoms with Crippen molar-refractivity contribution in [3.8, 4) is 5.75 Å². The zero-order valence-corrected chi connectivity index (χ0v) is 23.5. The molecule has 3 aromatic rings. The van der Waals surface area contributed by atoms with Gasteiger partial charge in [0.25, 0.3) is 0 Å². The number of carboxylic acid groups (broad SMARTS) is 1. The Bertz CT molecular complexity index is 1240. The van der Waals surface area contributed by atoms with Crippen LogP contribution < -0.4 is 10.5 Å². The second kappa shape index (κ2) is 15.8. The van der Waals surface area contributed by atoms with Crippen molar-refractivity contribution in [3.05, 3.63) is 99.0 Å². The van der Waals surface area contributed by atoms with Crippen LogP contribution in [0.2, 0.25) is 0 Å². The highest BCUT2D eigenvalue weighted by atomic mass is 32.1. The molecule has 7 heteroatoms. The molecule has 0 amide bonds. The standard InChI is InChI=1S/C25H26N2O3S.C7H12O/c1-17(12-18(2)25(28)29)13-21-16-31-24(27-21)23(26)14-19-8-10-22(11-9-19)30-15-20-6-4-3-5-7-20;8-6-7-4-2-1-3-5-7/h3-13,16,23H,14-15,26H2,1-2H3,(H,28,29);6-7H,1-5H2/b17-13+,18-12+;. The smallest absolute Gasteiger partial charge is 0.331 e. The van der Waals surface area contributed by atoms with Gasteiger partial charge in [0, 0.05) is 16.9 Å². The number of nitrogens with zero attached hydrogens (tertiary/aromatic N) is 1. The van der Waals surface area contributed by atoms with E-state index in [1.165, 1.54) is 30.6 Å². The number of aromatic nitrogens is 1. The van der Waals surface area contributed by atoms with Crippen molar-refractivity contribution in [1.29, 1.82) is 0 Å². The summed E-state index contributed by atoms with van der Waals surface area (Å²) in [5, 5.41) is 11.8. The maximum atomic E-state index is 10.9. The largest absolute Gasteiger partial charge is 0.489 e. The number of aldehydes is 1. The molecule has 206 valence electrons. The third-order valence-corrected chi connectivity index (χ3v) is 7.48. The molecule has 0 radical (unpaired) electrons. The minimum Gasteiger partial charge on any atom is -0.489 e. The van der Waals surface area contributed by atoms with E-state index in [0.717, 1.165) is 52.3 Å². The summed E-state index contributed by atoms with van der Waals surface area (Å²) in [7, 11) is 0. The highest BCUT2D eigenvalue weighted by Crippen LogP contribution is 2.23. The number of carboxylic acids is 1. The van der Waals surface area contributed by atoms with E-state index >= 15 is 0 Å². The van der Waals surface area contributed by atoms with Gasteiger partial charge >= 0.3 is 5.97 Å². The van der Waals surface area contributed by atoms with Gasteiger partial charge in [-0.1, -0.05) is 61.7 Å². The molecule has 0 spiro atoms. The van der Waals surface area contributed by atoms with Gasteiger partial charge in [-0.15, -0.1) is 11.3 Å². The summed E-state index contributed by atoms with van der Waals surface area (Å²) in [5.74, 6) is 0.303. The third-order valence-electron chi connectivity index (χ3n) is 6.48. The average Bonchev–Trinajstić information content (AvgIpc) is 3.42. The van der Waals surface area contributed by atoms with Crippen molar-refractivity contribution < 1.29 is 19.4 Å². The summed E-state index contributed by atoms with van der Waals surface area (Å²) in [4.78, 5) is 25.7. The van der Waals surface area contributed by atoms with Crippen molar-refractivity contribution in [1.82, 2.24) is 4.98 Å². The molecule has 39 heavy (non-hydrogen) atoms. The van der Waals surface area contributed by atoms with E-state index in [1.807, 2.05) is 73.0 Å². The van der Waals surface area contributed by atoms with E-state index in [2.05, 4.69) is 4.98 Å². The van der Waals surface area contributed by atoms with Crippen LogP contribution in [-0.4, -0.2) is 22.3 Å². The molecule has 6 nitrogen and oxygen atoms in total. The first kappa shape index (κ1) is 30.0. The van der Waals surface area contributed by atoms with Crippen LogP contribution >= 0.6 is 11.3 Å². The molecule has 1 saturated carbocycles. The lowest BCUT2D eigenvalue weighted by atomic mass is 9.91. The van der Waals surface area contributed by atoms with Gasteiger partial charge in [0.15, 0.2) is 0 Å². The van der Waals surface area contributed by atoms with Gasteiger partial charge in [0.2, 0.25) is 0 Å². The number of allylic oxidation sites excluding steroid dienone is 2. The molecule has 0 aliphatic heterocycles. The van der Waals surface area contributed by atoms with E-state index in [1.54, 1.807) is 13.0 Å². The van der Waals surface area contributed by atoms with Crippen molar-refractivity contribution in [2.45, 2.75) is 65.0 Å². The minimum absolute atomic E-state index is 0.208. The van der Waals surface area contributed by atoms with Crippen LogP contribution in [0.25, 0.3) is 6.08 Å². The number of thiazole rings is 1. The van der Waals surface area contributed by atoms with Crippen LogP contribution in [0.3, 0.4) is 0 Å². The van der Waals surface area contributed by atoms with Crippen molar-refractivity contribution in [2.24, 2.45) is 11.7 Å². The fourth-order valence-corrected chi connectivity index (χ4v) is 5.07. The monoisotopic (exact) mass is 546 g/mol. The predicted molar refractivity (Wildman–Crippen MR) is 158 cm³/mol. The molecule has 1 atom stereocenters. The number of carbonyl (C=O) groups is 2. The number of rotatable bonds is 10. The second-order valence-corrected chi connectivity index (χ2v) is 10.8. The van der Waals surface area contributed by atoms with Crippen LogP contribution in [0.4, 0.5) is 0 Å². The molecule has 0 saturated heterocycles. The first-order valence-corrected chi connectivity index (χ1v) is 14.2. The first-order chi connectivity index (χ1) is 18.8. The molecule has 2 aromatic carbocycles. The fourth-order valence-electron chi connectivity index (χ4n) is 4.29. The van der Waals surface area contributed by atoms with E-state index in [-0.39, 0.29) is 11.6 Å². The fraction of sp³-hybridized carbons (Fsp3) is 0.344. The molecule has 3 N–H and O–H groups in total. The van der Waals surface area contributed by atoms with Gasteiger partial charge in [-0.05, 0) is 74.1 Å². The van der Waals surface area contributed by atoms with Crippen LogP contribution in [-0.2, 0) is 22.6 Å². The van der Waals surface area contributed by atoms with Crippen LogP contribution in [0.15, 0.2) is 77.2 Å². The third kappa shape index (κ3) is 10.6. The number of hydrogen-bond donors (Lipinski definition) is 2. The van der Waals surface area contributed by atoms with Gasteiger partial charge < -0.3 is 20.4 Å². The maximum Gasteiger partial charge on any atom is 0.331 e. The lowest BCUT2D eigenvalue weighted by molar-refractivity contribution is -0.132. The van der Waals surface area contributed by atoms with Crippen molar-refractivity contribution in [3.63, 3.8) is 0 Å². The molecule has 1 aliphatic rings. The maximum absolute atomic E-state index is 10.9. The van der Waals surface area contributed by atoms with Crippen molar-refractivity contribution in [2.75, 3.05) is 0 Å². The molecule has 1 heterocycles. The van der Waals surface area contributed by atoms with Crippen LogP contribution in [0.5, 0.6) is 5.75 Å². The van der Waals surface area contributed by atoms with Crippen molar-refractivity contribution >= 4 is 29.7 Å². The number of aliphatic carboxylic acids is 1. The topological polar surface area (TPSA) is 103 Å². The predicted octanol–water partition coefficient (Wildman–Crippen LogP) is 7.16. The Labute approximate surface area is 235 Å². The molecule has 1 aromatic heterocycles. The first-order valence-electron chi connectivity index (χ1n) is 13.4. The number of ether oxygens (including phenoxy) is 1. The molecule has 0 bridgehead atoms. The normalized spacial score (nSPS) is 15.2. The molecular formula is C32H38N2O4S.